The molecule has 30 heavy (non-hydrogen) atoms. The van der Waals surface area contributed by atoms with Gasteiger partial charge in [-0.15, -0.1) is 0 Å². The number of carbonyl (C=O) groups is 1. The molecule has 0 spiro atoms. The molecule has 3 N–H and O–H groups in total. The first kappa shape index (κ1) is 22.6. The first-order chi connectivity index (χ1) is 14.3. The Kier molecular flexibility index (Phi) is 7.75. The number of piperidine rings is 1. The topological polar surface area (TPSA) is 80.5 Å². The van der Waals surface area contributed by atoms with Crippen LogP contribution in [-0.2, 0) is 11.3 Å². The number of benzene rings is 1. The van der Waals surface area contributed by atoms with Crippen LogP contribution in [0.3, 0.4) is 0 Å². The monoisotopic (exact) mass is 454 g/mol. The van der Waals surface area contributed by atoms with Gasteiger partial charge < -0.3 is 15.8 Å². The molecule has 0 bridgehead atoms. The van der Waals surface area contributed by atoms with Gasteiger partial charge in [0.25, 0.3) is 0 Å². The van der Waals surface area contributed by atoms with Gasteiger partial charge in [0.1, 0.15) is 11.9 Å². The van der Waals surface area contributed by atoms with Crippen LogP contribution in [0.15, 0.2) is 24.4 Å². The van der Waals surface area contributed by atoms with E-state index >= 15 is 0 Å². The number of carbonyl (C=O) groups excluding carboxylic acids is 1. The average molecular weight is 455 g/mol. The summed E-state index contributed by atoms with van der Waals surface area (Å²) in [5.74, 6) is -0.138. The van der Waals surface area contributed by atoms with Gasteiger partial charge in [-0.3, -0.25) is 9.69 Å². The highest BCUT2D eigenvalue weighted by atomic mass is 35.5. The van der Waals surface area contributed by atoms with Crippen molar-refractivity contribution in [3.63, 3.8) is 0 Å². The van der Waals surface area contributed by atoms with Gasteiger partial charge >= 0.3 is 0 Å². The number of nitrogens with zero attached hydrogens (tertiary/aromatic N) is 2. The number of nitrogens with one attached hydrogen (secondary N) is 1. The lowest BCUT2D eigenvalue weighted by atomic mass is 10.1. The largest absolute Gasteiger partial charge is 0.482 e. The van der Waals surface area contributed by atoms with E-state index in [9.17, 15) is 9.18 Å². The zero-order valence-electron chi connectivity index (χ0n) is 16.8. The number of likely N-dealkylation sites (tertiary alicyclic amines) is 1. The summed E-state index contributed by atoms with van der Waals surface area (Å²) in [6, 6.07) is 4.32. The molecule has 6 nitrogen and oxygen atoms in total. The van der Waals surface area contributed by atoms with Gasteiger partial charge in [-0.2, -0.15) is 0 Å². The van der Waals surface area contributed by atoms with E-state index in [1.807, 2.05) is 0 Å². The van der Waals surface area contributed by atoms with Crippen molar-refractivity contribution < 1.29 is 13.9 Å². The Hall–Kier alpha value is -2.09. The van der Waals surface area contributed by atoms with Crippen molar-refractivity contribution in [2.75, 3.05) is 25.4 Å². The normalized spacial score (nSPS) is 15.6. The summed E-state index contributed by atoms with van der Waals surface area (Å²) in [6.07, 6.45) is 4.41. The number of hydrogen-bond acceptors (Lipinski definition) is 5. The minimum atomic E-state index is -0.659. The lowest BCUT2D eigenvalue weighted by Gasteiger charge is -2.25. The van der Waals surface area contributed by atoms with Gasteiger partial charge in [0, 0.05) is 23.3 Å². The Morgan fingerprint density at radius 3 is 2.80 bits per heavy atom. The molecule has 2 heterocycles. The number of amides is 1. The van der Waals surface area contributed by atoms with Crippen molar-refractivity contribution >= 4 is 34.9 Å². The fraction of sp³-hybridized carbons (Fsp3) is 0.429. The predicted octanol–water partition coefficient (Wildman–Crippen LogP) is 4.35. The van der Waals surface area contributed by atoms with Crippen LogP contribution in [0.1, 0.15) is 43.4 Å². The Morgan fingerprint density at radius 1 is 1.33 bits per heavy atom. The lowest BCUT2D eigenvalue weighted by Crippen LogP contribution is -2.39. The second kappa shape index (κ2) is 10.3. The average Bonchev–Trinajstić information content (AvgIpc) is 2.72. The molecule has 3 rings (SSSR count). The summed E-state index contributed by atoms with van der Waals surface area (Å²) in [6.45, 7) is 4.29. The summed E-state index contributed by atoms with van der Waals surface area (Å²) in [5.41, 5.74) is 6.99. The van der Waals surface area contributed by atoms with Gasteiger partial charge in [-0.1, -0.05) is 29.6 Å². The van der Waals surface area contributed by atoms with E-state index in [2.05, 4.69) is 15.2 Å². The Balaban J connectivity index is 1.63. The summed E-state index contributed by atoms with van der Waals surface area (Å²) in [5, 5.41) is 3.09. The maximum absolute atomic E-state index is 13.8. The Labute approximate surface area is 185 Å². The smallest absolute Gasteiger partial charge is 0.234 e. The van der Waals surface area contributed by atoms with Crippen LogP contribution < -0.4 is 15.8 Å². The number of nitrogens with two attached hydrogens (primary N) is 1. The van der Waals surface area contributed by atoms with Crippen molar-refractivity contribution in [2.24, 2.45) is 0 Å². The van der Waals surface area contributed by atoms with E-state index in [-0.39, 0.29) is 16.7 Å². The molecule has 1 fully saturated rings. The summed E-state index contributed by atoms with van der Waals surface area (Å²) < 4.78 is 19.7. The van der Waals surface area contributed by atoms with Gasteiger partial charge in [-0.25, -0.2) is 9.37 Å². The number of pyridine rings is 1. The van der Waals surface area contributed by atoms with E-state index < -0.39 is 11.9 Å². The van der Waals surface area contributed by atoms with E-state index in [0.29, 0.717) is 29.4 Å². The molecule has 1 aliphatic heterocycles. The molecule has 1 amide bonds. The molecule has 0 aliphatic carbocycles. The molecule has 1 aromatic heterocycles. The molecule has 1 aromatic carbocycles. The number of ether oxygens (including phenoxy) is 1. The standard InChI is InChI=1S/C21H25Cl2FN4O2/c1-13(19-15(22)5-6-16(24)20(19)23)30-17-9-14(11-27-21(17)25)10-26-18(29)12-28-7-3-2-4-8-28/h5-6,9,11,13H,2-4,7-8,10,12H2,1H3,(H2,25,27)(H,26,29). The minimum absolute atomic E-state index is 0.0390. The van der Waals surface area contributed by atoms with E-state index in [4.69, 9.17) is 33.7 Å². The number of halogens is 3. The number of hydrogen-bond donors (Lipinski definition) is 2. The quantitative estimate of drug-likeness (QED) is 0.607. The van der Waals surface area contributed by atoms with E-state index in [1.54, 1.807) is 19.2 Å². The first-order valence-electron chi connectivity index (χ1n) is 9.88. The molecule has 1 atom stereocenters. The van der Waals surface area contributed by atoms with Crippen LogP contribution in [0.2, 0.25) is 10.0 Å². The minimum Gasteiger partial charge on any atom is -0.482 e. The molecule has 0 saturated carbocycles. The Morgan fingerprint density at radius 2 is 2.07 bits per heavy atom. The van der Waals surface area contributed by atoms with Crippen molar-refractivity contribution in [3.8, 4) is 5.75 Å². The van der Waals surface area contributed by atoms with E-state index in [1.165, 1.54) is 18.6 Å². The summed E-state index contributed by atoms with van der Waals surface area (Å²) in [7, 11) is 0. The maximum atomic E-state index is 13.8. The van der Waals surface area contributed by atoms with Crippen LogP contribution in [-0.4, -0.2) is 35.4 Å². The van der Waals surface area contributed by atoms with Gasteiger partial charge in [-0.05, 0) is 56.6 Å². The molecule has 2 aromatic rings. The van der Waals surface area contributed by atoms with Crippen molar-refractivity contribution in [3.05, 3.63) is 51.4 Å². The van der Waals surface area contributed by atoms with Crippen molar-refractivity contribution in [1.29, 1.82) is 0 Å². The molecule has 1 unspecified atom stereocenters. The van der Waals surface area contributed by atoms with Gasteiger partial charge in [0.2, 0.25) is 5.91 Å². The molecule has 162 valence electrons. The molecular formula is C21H25Cl2FN4O2. The number of aromatic nitrogens is 1. The number of rotatable bonds is 7. The van der Waals surface area contributed by atoms with Gasteiger partial charge in [0.05, 0.1) is 11.6 Å². The first-order valence-corrected chi connectivity index (χ1v) is 10.6. The van der Waals surface area contributed by atoms with Crippen molar-refractivity contribution in [2.45, 2.75) is 38.8 Å². The highest BCUT2D eigenvalue weighted by molar-refractivity contribution is 6.36. The maximum Gasteiger partial charge on any atom is 0.234 e. The van der Waals surface area contributed by atoms with Crippen LogP contribution >= 0.6 is 23.2 Å². The highest BCUT2D eigenvalue weighted by Gasteiger charge is 2.20. The van der Waals surface area contributed by atoms with Crippen LogP contribution in [0.5, 0.6) is 5.75 Å². The number of nitrogen functional groups attached to an aromatic ring is 1. The van der Waals surface area contributed by atoms with Gasteiger partial charge in [0.15, 0.2) is 11.6 Å². The van der Waals surface area contributed by atoms with Crippen LogP contribution in [0.25, 0.3) is 0 Å². The number of anilines is 1. The fourth-order valence-electron chi connectivity index (χ4n) is 3.43. The summed E-state index contributed by atoms with van der Waals surface area (Å²) in [4.78, 5) is 18.5. The second-order valence-corrected chi connectivity index (χ2v) is 8.14. The lowest BCUT2D eigenvalue weighted by molar-refractivity contribution is -0.122. The summed E-state index contributed by atoms with van der Waals surface area (Å²) >= 11 is 12.2. The molecular weight excluding hydrogens is 430 g/mol. The Bertz CT molecular complexity index is 907. The molecule has 9 heteroatoms. The molecule has 0 radical (unpaired) electrons. The second-order valence-electron chi connectivity index (χ2n) is 7.36. The van der Waals surface area contributed by atoms with Crippen LogP contribution in [0, 0.1) is 5.82 Å². The van der Waals surface area contributed by atoms with Crippen LogP contribution in [0.4, 0.5) is 10.2 Å². The third kappa shape index (κ3) is 5.74. The van der Waals surface area contributed by atoms with E-state index in [0.717, 1.165) is 31.5 Å². The third-order valence-electron chi connectivity index (χ3n) is 5.03. The van der Waals surface area contributed by atoms with Crippen molar-refractivity contribution in [1.82, 2.24) is 15.2 Å². The SMILES string of the molecule is CC(Oc1cc(CNC(=O)CN2CCCCC2)cnc1N)c1c(Cl)ccc(F)c1Cl. The highest BCUT2D eigenvalue weighted by Crippen LogP contribution is 2.36. The fourth-order valence-corrected chi connectivity index (χ4v) is 4.11. The molecule has 1 saturated heterocycles. The molecule has 1 aliphatic rings. The zero-order valence-corrected chi connectivity index (χ0v) is 18.3. The predicted molar refractivity (Wildman–Crippen MR) is 116 cm³/mol. The zero-order chi connectivity index (χ0) is 21.7. The third-order valence-corrected chi connectivity index (χ3v) is 5.75.